The van der Waals surface area contributed by atoms with E-state index in [1.165, 1.54) is 13.2 Å². The van der Waals surface area contributed by atoms with Crippen molar-refractivity contribution in [1.29, 1.82) is 0 Å². The van der Waals surface area contributed by atoms with Crippen LogP contribution in [0.2, 0.25) is 0 Å². The van der Waals surface area contributed by atoms with Crippen LogP contribution in [-0.2, 0) is 20.7 Å². The van der Waals surface area contributed by atoms with Gasteiger partial charge in [-0.15, -0.1) is 0 Å². The smallest absolute Gasteiger partial charge is 0.549 e. The summed E-state index contributed by atoms with van der Waals surface area (Å²) in [6.07, 6.45) is 1.75. The first-order valence-electron chi connectivity index (χ1n) is 5.02. The summed E-state index contributed by atoms with van der Waals surface area (Å²) in [7, 11) is 0. The fourth-order valence-corrected chi connectivity index (χ4v) is 1.09. The zero-order valence-corrected chi connectivity index (χ0v) is 13.6. The van der Waals surface area contributed by atoms with E-state index in [9.17, 15) is 14.7 Å². The van der Waals surface area contributed by atoms with Gasteiger partial charge < -0.3 is 19.1 Å². The minimum absolute atomic E-state index is 0. The fraction of sp³-hybridized carbons (Fsp3) is 0.455. The van der Waals surface area contributed by atoms with Crippen molar-refractivity contribution in [3.63, 3.8) is 0 Å². The Bertz CT molecular complexity index is 339. The molecule has 96 valence electrons. The standard InChI is InChI=1S/C7H8O3S.C4H8O2.Na/c8-7(9)6(11)4-5-2-1-3-10-5;1-3-6-4(2)5;/h1-3,6,11H,4H2,(H,8,9);3H2,1-2H3;/q;;+1/p-1. The summed E-state index contributed by atoms with van der Waals surface area (Å²) < 4.78 is 9.32. The van der Waals surface area contributed by atoms with Gasteiger partial charge in [-0.3, -0.25) is 4.79 Å². The predicted octanol–water partition coefficient (Wildman–Crippen LogP) is -2.56. The van der Waals surface area contributed by atoms with E-state index in [1.807, 2.05) is 0 Å². The molecule has 7 heteroatoms. The molecule has 1 atom stereocenters. The van der Waals surface area contributed by atoms with Crippen LogP contribution in [0, 0.1) is 0 Å². The molecular weight excluding hydrogens is 267 g/mol. The number of furan rings is 1. The summed E-state index contributed by atoms with van der Waals surface area (Å²) in [5.41, 5.74) is 0. The molecule has 1 heterocycles. The molecule has 0 aliphatic heterocycles. The summed E-state index contributed by atoms with van der Waals surface area (Å²) in [4.78, 5) is 20.0. The number of esters is 1. The number of carbonyl (C=O) groups is 2. The Morgan fingerprint density at radius 2 is 2.17 bits per heavy atom. The van der Waals surface area contributed by atoms with Crippen LogP contribution in [0.4, 0.5) is 0 Å². The van der Waals surface area contributed by atoms with E-state index in [-0.39, 0.29) is 41.9 Å². The van der Waals surface area contributed by atoms with Crippen LogP contribution >= 0.6 is 12.6 Å². The Morgan fingerprint density at radius 1 is 1.56 bits per heavy atom. The van der Waals surface area contributed by atoms with Crippen LogP contribution in [0.5, 0.6) is 0 Å². The summed E-state index contributed by atoms with van der Waals surface area (Å²) in [6, 6.07) is 3.40. The quantitative estimate of drug-likeness (QED) is 0.373. The molecule has 0 amide bonds. The van der Waals surface area contributed by atoms with Crippen molar-refractivity contribution >= 4 is 24.6 Å². The van der Waals surface area contributed by atoms with E-state index in [4.69, 9.17) is 4.42 Å². The minimum Gasteiger partial charge on any atom is -0.549 e. The van der Waals surface area contributed by atoms with Crippen molar-refractivity contribution in [1.82, 2.24) is 0 Å². The molecule has 0 N–H and O–H groups in total. The third-order valence-corrected chi connectivity index (χ3v) is 1.99. The van der Waals surface area contributed by atoms with Crippen LogP contribution in [0.25, 0.3) is 0 Å². The van der Waals surface area contributed by atoms with Gasteiger partial charge >= 0.3 is 35.5 Å². The van der Waals surface area contributed by atoms with E-state index < -0.39 is 11.2 Å². The first-order valence-corrected chi connectivity index (χ1v) is 5.53. The van der Waals surface area contributed by atoms with Crippen LogP contribution in [0.1, 0.15) is 19.6 Å². The van der Waals surface area contributed by atoms with Gasteiger partial charge in [0.05, 0.1) is 18.8 Å². The fourth-order valence-electron chi connectivity index (χ4n) is 0.906. The summed E-state index contributed by atoms with van der Waals surface area (Å²) >= 11 is 3.79. The number of carbonyl (C=O) groups excluding carboxylic acids is 2. The van der Waals surface area contributed by atoms with Gasteiger partial charge in [0.1, 0.15) is 5.76 Å². The van der Waals surface area contributed by atoms with Crippen molar-refractivity contribution in [2.45, 2.75) is 25.5 Å². The summed E-state index contributed by atoms with van der Waals surface area (Å²) in [5, 5.41) is 9.41. The molecule has 0 aromatic carbocycles. The predicted molar refractivity (Wildman–Crippen MR) is 62.5 cm³/mol. The maximum Gasteiger partial charge on any atom is 1.00 e. The van der Waals surface area contributed by atoms with Crippen molar-refractivity contribution < 1.29 is 53.4 Å². The molecule has 0 saturated carbocycles. The van der Waals surface area contributed by atoms with Gasteiger partial charge in [-0.2, -0.15) is 12.6 Å². The number of carboxylic acids is 1. The second kappa shape index (κ2) is 11.6. The second-order valence-electron chi connectivity index (χ2n) is 3.04. The SMILES string of the molecule is CCOC(C)=O.O=C([O-])C(S)Cc1ccco1.[Na+]. The van der Waals surface area contributed by atoms with Crippen molar-refractivity contribution in [3.05, 3.63) is 24.2 Å². The third-order valence-electron chi connectivity index (χ3n) is 1.59. The van der Waals surface area contributed by atoms with Gasteiger partial charge in [0.15, 0.2) is 0 Å². The second-order valence-corrected chi connectivity index (χ2v) is 3.67. The van der Waals surface area contributed by atoms with Gasteiger partial charge in [-0.05, 0) is 19.1 Å². The Balaban J connectivity index is 0. The van der Waals surface area contributed by atoms with Crippen LogP contribution in [0.15, 0.2) is 22.8 Å². The minimum atomic E-state index is -1.18. The number of hydrogen-bond donors (Lipinski definition) is 1. The van der Waals surface area contributed by atoms with Crippen molar-refractivity contribution in [2.24, 2.45) is 0 Å². The molecule has 18 heavy (non-hydrogen) atoms. The number of thiol groups is 1. The maximum absolute atomic E-state index is 10.2. The Kier molecular flexibility index (Phi) is 12.9. The monoisotopic (exact) mass is 282 g/mol. The van der Waals surface area contributed by atoms with E-state index in [0.29, 0.717) is 12.4 Å². The molecule has 1 unspecified atom stereocenters. The molecule has 1 aromatic rings. The molecule has 1 aromatic heterocycles. The normalized spacial score (nSPS) is 10.4. The van der Waals surface area contributed by atoms with Crippen LogP contribution in [-0.4, -0.2) is 23.8 Å². The van der Waals surface area contributed by atoms with Crippen LogP contribution in [0.3, 0.4) is 0 Å². The molecule has 0 saturated heterocycles. The molecule has 0 aliphatic carbocycles. The van der Waals surface area contributed by atoms with Gasteiger partial charge in [0.25, 0.3) is 0 Å². The number of ether oxygens (including phenoxy) is 1. The molecule has 1 rings (SSSR count). The molecule has 0 radical (unpaired) electrons. The first kappa shape index (κ1) is 19.9. The zero-order valence-electron chi connectivity index (χ0n) is 10.7. The van der Waals surface area contributed by atoms with Crippen LogP contribution < -0.4 is 34.7 Å². The summed E-state index contributed by atoms with van der Waals surface area (Å²) in [5.74, 6) is -0.781. The van der Waals surface area contributed by atoms with E-state index in [1.54, 1.807) is 19.1 Å². The molecular formula is C11H15NaO5S. The van der Waals surface area contributed by atoms with Gasteiger partial charge in [0, 0.05) is 18.6 Å². The first-order chi connectivity index (χ1) is 7.97. The molecule has 5 nitrogen and oxygen atoms in total. The molecule has 0 spiro atoms. The number of hydrogen-bond acceptors (Lipinski definition) is 6. The molecule has 0 fully saturated rings. The zero-order chi connectivity index (χ0) is 13.3. The number of rotatable bonds is 4. The third kappa shape index (κ3) is 10.7. The van der Waals surface area contributed by atoms with Gasteiger partial charge in [0.2, 0.25) is 0 Å². The molecule has 0 aliphatic rings. The Morgan fingerprint density at radius 3 is 2.44 bits per heavy atom. The van der Waals surface area contributed by atoms with E-state index >= 15 is 0 Å². The van der Waals surface area contributed by atoms with E-state index in [0.717, 1.165) is 0 Å². The number of carboxylic acid groups (broad SMARTS) is 1. The average molecular weight is 282 g/mol. The van der Waals surface area contributed by atoms with Gasteiger partial charge in [-0.25, -0.2) is 0 Å². The topological polar surface area (TPSA) is 79.6 Å². The molecule has 0 bridgehead atoms. The largest absolute Gasteiger partial charge is 1.00 e. The Labute approximate surface area is 134 Å². The maximum atomic E-state index is 10.2. The van der Waals surface area contributed by atoms with Crippen molar-refractivity contribution in [3.8, 4) is 0 Å². The summed E-state index contributed by atoms with van der Waals surface area (Å²) in [6.45, 7) is 3.65. The number of aliphatic carboxylic acids is 1. The average Bonchev–Trinajstić information content (AvgIpc) is 2.70. The van der Waals surface area contributed by atoms with Crippen molar-refractivity contribution in [2.75, 3.05) is 6.61 Å². The Hall–Kier alpha value is -0.430. The van der Waals surface area contributed by atoms with Gasteiger partial charge in [-0.1, -0.05) is 0 Å². The van der Waals surface area contributed by atoms with E-state index in [2.05, 4.69) is 17.4 Å².